The van der Waals surface area contributed by atoms with Crippen molar-refractivity contribution in [2.24, 2.45) is 5.41 Å². The van der Waals surface area contributed by atoms with E-state index in [4.69, 9.17) is 4.42 Å². The van der Waals surface area contributed by atoms with Gasteiger partial charge < -0.3 is 9.44 Å². The lowest BCUT2D eigenvalue weighted by Crippen LogP contribution is -2.25. The molecule has 14 heavy (non-hydrogen) atoms. The second-order valence-electron chi connectivity index (χ2n) is 4.46. The van der Waals surface area contributed by atoms with Crippen LogP contribution in [0.5, 0.6) is 0 Å². The minimum absolute atomic E-state index is 0.0515. The minimum atomic E-state index is -0.670. The van der Waals surface area contributed by atoms with Gasteiger partial charge in [0.05, 0.1) is 5.66 Å². The number of rotatable bonds is 2. The number of furan rings is 1. The molecule has 0 amide bonds. The van der Waals surface area contributed by atoms with Crippen LogP contribution in [0.15, 0.2) is 16.5 Å². The first-order valence-electron chi connectivity index (χ1n) is 4.65. The molecule has 0 aliphatic carbocycles. The maximum atomic E-state index is 11.7. The van der Waals surface area contributed by atoms with Crippen LogP contribution in [0, 0.1) is 5.41 Å². The molecule has 1 heterocycles. The lowest BCUT2D eigenvalue weighted by atomic mass is 9.69. The van der Waals surface area contributed by atoms with Gasteiger partial charge in [0.1, 0.15) is 0 Å². The number of ketones is 1. The molecule has 0 aliphatic rings. The van der Waals surface area contributed by atoms with E-state index in [2.05, 4.69) is 0 Å². The van der Waals surface area contributed by atoms with E-state index in [1.54, 1.807) is 19.0 Å². The molecule has 3 nitrogen and oxygen atoms in total. The first-order chi connectivity index (χ1) is 6.32. The van der Waals surface area contributed by atoms with Gasteiger partial charge in [-0.2, -0.15) is 0 Å². The van der Waals surface area contributed by atoms with Crippen LogP contribution in [0.1, 0.15) is 31.3 Å². The molecular formula is C10H15BO3. The van der Waals surface area contributed by atoms with Crippen molar-refractivity contribution in [3.05, 3.63) is 17.9 Å². The van der Waals surface area contributed by atoms with E-state index in [1.807, 2.05) is 20.8 Å². The highest BCUT2D eigenvalue weighted by atomic mass is 16.4. The Morgan fingerprint density at radius 1 is 1.43 bits per heavy atom. The molecular weight excluding hydrogens is 179 g/mol. The smallest absolute Gasteiger partial charge is 0.362 e. The fourth-order valence-electron chi connectivity index (χ4n) is 1.07. The fourth-order valence-corrected chi connectivity index (χ4v) is 1.07. The summed E-state index contributed by atoms with van der Waals surface area (Å²) in [5.41, 5.74) is -0.0222. The summed E-state index contributed by atoms with van der Waals surface area (Å²) in [6, 6.07) is 3.24. The number of carbonyl (C=O) groups excluding carboxylic acids is 1. The molecule has 0 atom stereocenters. The topological polar surface area (TPSA) is 50.4 Å². The first kappa shape index (κ1) is 11.1. The van der Waals surface area contributed by atoms with E-state index in [0.29, 0.717) is 11.4 Å². The molecule has 1 aromatic rings. The second kappa shape index (κ2) is 3.61. The van der Waals surface area contributed by atoms with E-state index < -0.39 is 12.3 Å². The Hall–Kier alpha value is -1.03. The summed E-state index contributed by atoms with van der Waals surface area (Å²) < 4.78 is 5.23. The Morgan fingerprint density at radius 3 is 2.36 bits per heavy atom. The summed E-state index contributed by atoms with van der Waals surface area (Å²) >= 11 is 0. The largest absolute Gasteiger partial charge is 0.465 e. The van der Waals surface area contributed by atoms with Gasteiger partial charge in [-0.05, 0) is 12.1 Å². The predicted molar refractivity (Wildman–Crippen MR) is 56.0 cm³/mol. The minimum Gasteiger partial charge on any atom is -0.465 e. The molecule has 4 heteroatoms. The molecule has 0 unspecified atom stereocenters. The molecule has 0 aliphatic heterocycles. The fraction of sp³-hybridized carbons (Fsp3) is 0.500. The molecule has 0 saturated heterocycles. The zero-order valence-corrected chi connectivity index (χ0v) is 9.00. The lowest BCUT2D eigenvalue weighted by molar-refractivity contribution is 0.0830. The van der Waals surface area contributed by atoms with Crippen molar-refractivity contribution in [3.63, 3.8) is 0 Å². The monoisotopic (exact) mass is 194 g/mol. The molecule has 0 saturated carbocycles. The number of hydrogen-bond donors (Lipinski definition) is 1. The van der Waals surface area contributed by atoms with Crippen molar-refractivity contribution < 1.29 is 14.2 Å². The van der Waals surface area contributed by atoms with Crippen LogP contribution >= 0.6 is 0 Å². The molecule has 0 radical (unpaired) electrons. The van der Waals surface area contributed by atoms with Gasteiger partial charge >= 0.3 is 6.92 Å². The summed E-state index contributed by atoms with van der Waals surface area (Å²) in [6.45, 7) is 6.43. The molecule has 0 bridgehead atoms. The van der Waals surface area contributed by atoms with Crippen molar-refractivity contribution >= 4 is 18.4 Å². The Balaban J connectivity index is 2.93. The van der Waals surface area contributed by atoms with Gasteiger partial charge in [0, 0.05) is 5.41 Å². The summed E-state index contributed by atoms with van der Waals surface area (Å²) in [7, 11) is 0. The number of hydrogen-bond acceptors (Lipinski definition) is 3. The van der Waals surface area contributed by atoms with Crippen LogP contribution in [0.25, 0.3) is 0 Å². The summed E-state index contributed by atoms with van der Waals surface area (Å²) in [4.78, 5) is 11.7. The van der Waals surface area contributed by atoms with Crippen molar-refractivity contribution in [1.82, 2.24) is 0 Å². The molecule has 76 valence electrons. The summed E-state index contributed by atoms with van der Waals surface area (Å²) in [5.74, 6) is 0.262. The Morgan fingerprint density at radius 2 is 2.00 bits per heavy atom. The third-order valence-electron chi connectivity index (χ3n) is 1.94. The van der Waals surface area contributed by atoms with E-state index >= 15 is 0 Å². The maximum absolute atomic E-state index is 11.7. The second-order valence-corrected chi connectivity index (χ2v) is 4.46. The van der Waals surface area contributed by atoms with Gasteiger partial charge in [-0.3, -0.25) is 4.79 Å². The highest BCUT2D eigenvalue weighted by Crippen LogP contribution is 2.20. The Kier molecular flexibility index (Phi) is 2.85. The van der Waals surface area contributed by atoms with Crippen LogP contribution in [0.2, 0.25) is 6.82 Å². The molecule has 0 spiro atoms. The van der Waals surface area contributed by atoms with Gasteiger partial charge in [-0.1, -0.05) is 27.6 Å². The summed E-state index contributed by atoms with van der Waals surface area (Å²) in [5, 5.41) is 9.22. The normalized spacial score (nSPS) is 11.5. The van der Waals surface area contributed by atoms with E-state index in [1.165, 1.54) is 0 Å². The molecule has 1 aromatic heterocycles. The van der Waals surface area contributed by atoms with Gasteiger partial charge in [0.25, 0.3) is 0 Å². The van der Waals surface area contributed by atoms with Gasteiger partial charge in [-0.25, -0.2) is 0 Å². The zero-order chi connectivity index (χ0) is 10.9. The van der Waals surface area contributed by atoms with Crippen LogP contribution in [-0.2, 0) is 0 Å². The van der Waals surface area contributed by atoms with Gasteiger partial charge in [0.2, 0.25) is 5.78 Å². The number of carbonyl (C=O) groups is 1. The van der Waals surface area contributed by atoms with E-state index in [-0.39, 0.29) is 5.78 Å². The van der Waals surface area contributed by atoms with Crippen LogP contribution in [-0.4, -0.2) is 17.7 Å². The Bertz CT molecular complexity index is 333. The van der Waals surface area contributed by atoms with Gasteiger partial charge in [0.15, 0.2) is 5.76 Å². The van der Waals surface area contributed by atoms with Crippen molar-refractivity contribution in [2.75, 3.05) is 0 Å². The molecule has 0 fully saturated rings. The van der Waals surface area contributed by atoms with Gasteiger partial charge in [-0.15, -0.1) is 0 Å². The maximum Gasteiger partial charge on any atom is 0.362 e. The lowest BCUT2D eigenvalue weighted by Gasteiger charge is -2.13. The standard InChI is InChI=1S/C10H15BO3/c1-10(2,3)9(12)7-5-6-8(14-7)11(4)13/h5-6,13H,1-4H3. The van der Waals surface area contributed by atoms with Crippen LogP contribution in [0.3, 0.4) is 0 Å². The predicted octanol–water partition coefficient (Wildman–Crippen LogP) is 1.33. The average Bonchev–Trinajstić information content (AvgIpc) is 2.48. The zero-order valence-electron chi connectivity index (χ0n) is 9.00. The van der Waals surface area contributed by atoms with Crippen molar-refractivity contribution in [3.8, 4) is 0 Å². The van der Waals surface area contributed by atoms with Crippen molar-refractivity contribution in [2.45, 2.75) is 27.6 Å². The third kappa shape index (κ3) is 2.26. The first-order valence-corrected chi connectivity index (χ1v) is 4.65. The molecule has 0 aromatic carbocycles. The Labute approximate surface area is 84.2 Å². The third-order valence-corrected chi connectivity index (χ3v) is 1.94. The van der Waals surface area contributed by atoms with Crippen LogP contribution in [0.4, 0.5) is 0 Å². The SMILES string of the molecule is CB(O)c1ccc(C(=O)C(C)(C)C)o1. The quantitative estimate of drug-likeness (QED) is 0.570. The average molecular weight is 194 g/mol. The molecule has 1 N–H and O–H groups in total. The van der Waals surface area contributed by atoms with Crippen LogP contribution < -0.4 is 5.66 Å². The highest BCUT2D eigenvalue weighted by Gasteiger charge is 2.26. The van der Waals surface area contributed by atoms with Crippen molar-refractivity contribution in [1.29, 1.82) is 0 Å². The van der Waals surface area contributed by atoms with E-state index in [9.17, 15) is 9.82 Å². The summed E-state index contributed by atoms with van der Waals surface area (Å²) in [6.07, 6.45) is 0. The van der Waals surface area contributed by atoms with E-state index in [0.717, 1.165) is 0 Å². The number of Topliss-reactive ketones (excluding diaryl/α,β-unsaturated/α-hetero) is 1. The molecule has 1 rings (SSSR count). The highest BCUT2D eigenvalue weighted by molar-refractivity contribution is 6.63.